The first-order valence-corrected chi connectivity index (χ1v) is 18.5. The highest BCUT2D eigenvalue weighted by atomic mass is 15.1. The zero-order valence-corrected chi connectivity index (χ0v) is 29.1. The predicted molar refractivity (Wildman–Crippen MR) is 222 cm³/mol. The number of aromatic nitrogens is 2. The summed E-state index contributed by atoms with van der Waals surface area (Å²) in [7, 11) is 0. The molecular weight excluding hydrogens is 641 g/mol. The van der Waals surface area contributed by atoms with Crippen molar-refractivity contribution in [3.05, 3.63) is 199 Å². The second-order valence-electron chi connectivity index (χ2n) is 14.2. The van der Waals surface area contributed by atoms with Crippen LogP contribution in [0.3, 0.4) is 0 Å². The van der Waals surface area contributed by atoms with Crippen molar-refractivity contribution in [2.45, 2.75) is 12.3 Å². The maximum absolute atomic E-state index is 5.23. The van der Waals surface area contributed by atoms with Gasteiger partial charge in [0.25, 0.3) is 0 Å². The van der Waals surface area contributed by atoms with Gasteiger partial charge in [0.15, 0.2) is 0 Å². The lowest BCUT2D eigenvalue weighted by Gasteiger charge is -2.22. The fraction of sp³-hybridized carbons (Fsp3) is 0.0392. The lowest BCUT2D eigenvalue weighted by molar-refractivity contribution is 0.860. The monoisotopic (exact) mass is 674 g/mol. The van der Waals surface area contributed by atoms with Crippen LogP contribution in [0.5, 0.6) is 0 Å². The summed E-state index contributed by atoms with van der Waals surface area (Å²) in [6, 6.07) is 61.8. The van der Waals surface area contributed by atoms with Gasteiger partial charge >= 0.3 is 0 Å². The van der Waals surface area contributed by atoms with Crippen LogP contribution in [0.25, 0.3) is 88.3 Å². The Morgan fingerprint density at radius 2 is 1.08 bits per heavy atom. The Bertz CT molecular complexity index is 2860. The average Bonchev–Trinajstić information content (AvgIpc) is 3.78. The van der Waals surface area contributed by atoms with Crippen molar-refractivity contribution in [1.29, 1.82) is 0 Å². The van der Waals surface area contributed by atoms with Gasteiger partial charge in [0.05, 0.1) is 11.0 Å². The van der Waals surface area contributed by atoms with Crippen LogP contribution in [0.1, 0.15) is 23.7 Å². The van der Waals surface area contributed by atoms with Crippen LogP contribution in [0.4, 0.5) is 0 Å². The molecule has 0 radical (unpaired) electrons. The molecule has 2 heteroatoms. The third-order valence-corrected chi connectivity index (χ3v) is 11.3. The molecule has 248 valence electrons. The molecule has 0 saturated heterocycles. The molecule has 8 aromatic carbocycles. The minimum atomic E-state index is 0.202. The molecule has 0 bridgehead atoms. The standard InChI is InChI=1S/C51H34N2/c1-4-16-33(17-5-1)46-40-24-10-11-25-41(40)47(34-18-6-2-7-19-34)50-43-31-30-38(39-26-15-27-42(48(39)43)49(46)50)35-20-14-21-36(32-35)51-52-44-28-12-13-29-45(44)53(51)37-22-8-3-9-23-37/h1-31,35H,32H2. The summed E-state index contributed by atoms with van der Waals surface area (Å²) < 4.78 is 2.32. The Hall–Kier alpha value is -6.77. The van der Waals surface area contributed by atoms with Gasteiger partial charge in [0, 0.05) is 11.6 Å². The van der Waals surface area contributed by atoms with Gasteiger partial charge in [-0.2, -0.15) is 0 Å². The van der Waals surface area contributed by atoms with E-state index in [1.807, 2.05) is 0 Å². The third-order valence-electron chi connectivity index (χ3n) is 11.3. The van der Waals surface area contributed by atoms with E-state index in [0.717, 1.165) is 29.0 Å². The van der Waals surface area contributed by atoms with Gasteiger partial charge in [-0.15, -0.1) is 0 Å². The van der Waals surface area contributed by atoms with Crippen LogP contribution >= 0.6 is 0 Å². The van der Waals surface area contributed by atoms with Crippen molar-refractivity contribution in [2.24, 2.45) is 0 Å². The highest BCUT2D eigenvalue weighted by Crippen LogP contribution is 2.58. The lowest BCUT2D eigenvalue weighted by atomic mass is 9.82. The van der Waals surface area contributed by atoms with E-state index in [2.05, 4.69) is 193 Å². The smallest absolute Gasteiger partial charge is 0.141 e. The molecule has 0 amide bonds. The van der Waals surface area contributed by atoms with Crippen LogP contribution in [-0.2, 0) is 0 Å². The van der Waals surface area contributed by atoms with Crippen molar-refractivity contribution in [1.82, 2.24) is 9.55 Å². The quantitative estimate of drug-likeness (QED) is 0.178. The van der Waals surface area contributed by atoms with Crippen molar-refractivity contribution in [2.75, 3.05) is 0 Å². The van der Waals surface area contributed by atoms with Gasteiger partial charge in [0.1, 0.15) is 5.82 Å². The first-order valence-electron chi connectivity index (χ1n) is 18.5. The lowest BCUT2D eigenvalue weighted by Crippen LogP contribution is -2.06. The Labute approximate surface area is 308 Å². The summed E-state index contributed by atoms with van der Waals surface area (Å²) in [5.41, 5.74) is 16.3. The van der Waals surface area contributed by atoms with Gasteiger partial charge in [-0.1, -0.05) is 164 Å². The zero-order valence-electron chi connectivity index (χ0n) is 29.1. The number of para-hydroxylation sites is 3. The number of allylic oxidation sites excluding steroid dienone is 4. The minimum absolute atomic E-state index is 0.202. The van der Waals surface area contributed by atoms with E-state index in [-0.39, 0.29) is 5.92 Å². The molecule has 53 heavy (non-hydrogen) atoms. The van der Waals surface area contributed by atoms with Crippen molar-refractivity contribution >= 4 is 38.2 Å². The van der Waals surface area contributed by atoms with E-state index in [1.54, 1.807) is 0 Å². The Morgan fingerprint density at radius 3 is 1.77 bits per heavy atom. The minimum Gasteiger partial charge on any atom is -0.293 e. The first kappa shape index (κ1) is 29.9. The number of hydrogen-bond acceptors (Lipinski definition) is 1. The molecule has 2 aliphatic carbocycles. The summed E-state index contributed by atoms with van der Waals surface area (Å²) >= 11 is 0. The van der Waals surface area contributed by atoms with Crippen molar-refractivity contribution in [3.63, 3.8) is 0 Å². The Kier molecular flexibility index (Phi) is 6.72. The second-order valence-corrected chi connectivity index (χ2v) is 14.2. The molecule has 0 fully saturated rings. The van der Waals surface area contributed by atoms with Crippen molar-refractivity contribution in [3.8, 4) is 50.2 Å². The fourth-order valence-corrected chi connectivity index (χ4v) is 9.09. The molecule has 1 aromatic heterocycles. The van der Waals surface area contributed by atoms with E-state index in [0.29, 0.717) is 0 Å². The highest BCUT2D eigenvalue weighted by molar-refractivity contribution is 6.27. The van der Waals surface area contributed by atoms with Crippen LogP contribution in [-0.4, -0.2) is 9.55 Å². The average molecular weight is 675 g/mol. The summed E-state index contributed by atoms with van der Waals surface area (Å²) in [5, 5.41) is 5.25. The molecular formula is C51H34N2. The number of benzene rings is 8. The largest absolute Gasteiger partial charge is 0.293 e. The number of rotatable bonds is 5. The molecule has 11 rings (SSSR count). The van der Waals surface area contributed by atoms with Crippen LogP contribution < -0.4 is 0 Å². The van der Waals surface area contributed by atoms with E-state index in [4.69, 9.17) is 4.98 Å². The van der Waals surface area contributed by atoms with Gasteiger partial charge in [-0.25, -0.2) is 4.98 Å². The maximum Gasteiger partial charge on any atom is 0.141 e. The molecule has 2 nitrogen and oxygen atoms in total. The van der Waals surface area contributed by atoms with Crippen molar-refractivity contribution < 1.29 is 0 Å². The fourth-order valence-electron chi connectivity index (χ4n) is 9.09. The molecule has 0 N–H and O–H groups in total. The van der Waals surface area contributed by atoms with Crippen LogP contribution in [0, 0.1) is 0 Å². The van der Waals surface area contributed by atoms with E-state index in [1.165, 1.54) is 77.2 Å². The van der Waals surface area contributed by atoms with E-state index in [9.17, 15) is 0 Å². The molecule has 2 aliphatic rings. The predicted octanol–water partition coefficient (Wildman–Crippen LogP) is 13.4. The SMILES string of the molecule is C1=CC(c2ccc3c4c(cccc24)-c2c-3c(-c3ccccc3)c3ccccc3c2-c2ccccc2)CC(c2nc3ccccc3n2-c2ccccc2)=C1. The van der Waals surface area contributed by atoms with Crippen LogP contribution in [0.15, 0.2) is 188 Å². The molecule has 0 saturated carbocycles. The van der Waals surface area contributed by atoms with E-state index < -0.39 is 0 Å². The number of hydrogen-bond donors (Lipinski definition) is 0. The van der Waals surface area contributed by atoms with Gasteiger partial charge in [-0.05, 0) is 108 Å². The summed E-state index contributed by atoms with van der Waals surface area (Å²) in [5.74, 6) is 1.21. The molecule has 1 heterocycles. The molecule has 1 unspecified atom stereocenters. The first-order chi connectivity index (χ1) is 26.3. The summed E-state index contributed by atoms with van der Waals surface area (Å²) in [6.45, 7) is 0. The highest BCUT2D eigenvalue weighted by Gasteiger charge is 2.32. The third kappa shape index (κ3) is 4.55. The Morgan fingerprint density at radius 1 is 0.491 bits per heavy atom. The molecule has 1 atom stereocenters. The normalized spacial score (nSPS) is 14.6. The number of imidazole rings is 1. The van der Waals surface area contributed by atoms with Gasteiger partial charge in [0.2, 0.25) is 0 Å². The molecule has 9 aromatic rings. The van der Waals surface area contributed by atoms with Gasteiger partial charge in [-0.3, -0.25) is 4.57 Å². The topological polar surface area (TPSA) is 17.8 Å². The zero-order chi connectivity index (χ0) is 34.9. The Balaban J connectivity index is 1.11. The van der Waals surface area contributed by atoms with Crippen LogP contribution in [0.2, 0.25) is 0 Å². The maximum atomic E-state index is 5.23. The van der Waals surface area contributed by atoms with E-state index >= 15 is 0 Å². The molecule has 0 aliphatic heterocycles. The summed E-state index contributed by atoms with van der Waals surface area (Å²) in [6.07, 6.45) is 7.75. The number of fused-ring (bicyclic) bond motifs is 5. The second kappa shape index (κ2) is 11.9. The summed E-state index contributed by atoms with van der Waals surface area (Å²) in [4.78, 5) is 5.23. The number of nitrogens with zero attached hydrogens (tertiary/aromatic N) is 2. The van der Waals surface area contributed by atoms with Gasteiger partial charge < -0.3 is 0 Å². The molecule has 0 spiro atoms.